The van der Waals surface area contributed by atoms with Crippen LogP contribution in [0.3, 0.4) is 0 Å². The van der Waals surface area contributed by atoms with Gasteiger partial charge in [-0.1, -0.05) is 19.3 Å². The SMILES string of the molecule is CN(C(=O)NCC1(C(=O)O)CCCCC1)C1CCOCC1. The lowest BCUT2D eigenvalue weighted by molar-refractivity contribution is -0.150. The maximum absolute atomic E-state index is 12.2. The Hall–Kier alpha value is -1.30. The number of amides is 2. The van der Waals surface area contributed by atoms with Crippen molar-refractivity contribution in [3.05, 3.63) is 0 Å². The lowest BCUT2D eigenvalue weighted by atomic mass is 9.74. The number of carboxylic acids is 1. The number of urea groups is 1. The first kappa shape index (κ1) is 16.1. The van der Waals surface area contributed by atoms with Gasteiger partial charge in [0.25, 0.3) is 0 Å². The largest absolute Gasteiger partial charge is 0.481 e. The molecule has 0 aromatic heterocycles. The van der Waals surface area contributed by atoms with Crippen molar-refractivity contribution in [1.82, 2.24) is 10.2 Å². The molecule has 1 saturated heterocycles. The smallest absolute Gasteiger partial charge is 0.317 e. The molecule has 0 aromatic rings. The molecular formula is C15H26N2O4. The minimum absolute atomic E-state index is 0.173. The van der Waals surface area contributed by atoms with Gasteiger partial charge in [-0.15, -0.1) is 0 Å². The molecular weight excluding hydrogens is 272 g/mol. The number of ether oxygens (including phenoxy) is 1. The second-order valence-electron chi connectivity index (χ2n) is 6.26. The highest BCUT2D eigenvalue weighted by molar-refractivity contribution is 5.78. The maximum Gasteiger partial charge on any atom is 0.317 e. The fraction of sp³-hybridized carbons (Fsp3) is 0.867. The van der Waals surface area contributed by atoms with E-state index in [1.807, 2.05) is 0 Å². The fourth-order valence-electron chi connectivity index (χ4n) is 3.30. The third-order valence-electron chi connectivity index (χ3n) is 4.90. The van der Waals surface area contributed by atoms with E-state index in [0.29, 0.717) is 26.1 Å². The summed E-state index contributed by atoms with van der Waals surface area (Å²) in [5.74, 6) is -0.781. The van der Waals surface area contributed by atoms with Gasteiger partial charge in [0, 0.05) is 32.8 Å². The van der Waals surface area contributed by atoms with Crippen LogP contribution in [0.4, 0.5) is 4.79 Å². The first-order valence-electron chi connectivity index (χ1n) is 7.87. The monoisotopic (exact) mass is 298 g/mol. The van der Waals surface area contributed by atoms with E-state index in [2.05, 4.69) is 5.32 Å². The average Bonchev–Trinajstić information content (AvgIpc) is 2.53. The summed E-state index contributed by atoms with van der Waals surface area (Å²) < 4.78 is 5.30. The molecule has 6 nitrogen and oxygen atoms in total. The van der Waals surface area contributed by atoms with Gasteiger partial charge in [0.2, 0.25) is 0 Å². The Kier molecular flexibility index (Phi) is 5.45. The number of carboxylic acid groups (broad SMARTS) is 1. The molecule has 0 bridgehead atoms. The number of nitrogens with zero attached hydrogens (tertiary/aromatic N) is 1. The summed E-state index contributed by atoms with van der Waals surface area (Å²) in [5.41, 5.74) is -0.773. The Balaban J connectivity index is 1.87. The predicted octanol–water partition coefficient (Wildman–Crippen LogP) is 1.84. The van der Waals surface area contributed by atoms with E-state index in [9.17, 15) is 14.7 Å². The quantitative estimate of drug-likeness (QED) is 0.830. The average molecular weight is 298 g/mol. The summed E-state index contributed by atoms with van der Waals surface area (Å²) in [6.45, 7) is 1.59. The van der Waals surface area contributed by atoms with Crippen molar-refractivity contribution in [2.24, 2.45) is 5.41 Å². The van der Waals surface area contributed by atoms with E-state index in [4.69, 9.17) is 4.74 Å². The lowest BCUT2D eigenvalue weighted by Gasteiger charge is -2.35. The lowest BCUT2D eigenvalue weighted by Crippen LogP contribution is -2.50. The molecule has 0 aromatic carbocycles. The molecule has 1 heterocycles. The molecule has 1 aliphatic carbocycles. The first-order valence-corrected chi connectivity index (χ1v) is 7.87. The van der Waals surface area contributed by atoms with Gasteiger partial charge in [-0.25, -0.2) is 4.79 Å². The molecule has 0 radical (unpaired) electrons. The standard InChI is InChI=1S/C15H26N2O4/c1-17(12-5-9-21-10-6-12)14(20)16-11-15(13(18)19)7-3-2-4-8-15/h12H,2-11H2,1H3,(H,16,20)(H,18,19). The zero-order valence-corrected chi connectivity index (χ0v) is 12.8. The van der Waals surface area contributed by atoms with E-state index < -0.39 is 11.4 Å². The number of aliphatic carboxylic acids is 1. The van der Waals surface area contributed by atoms with Crippen molar-refractivity contribution in [2.75, 3.05) is 26.8 Å². The van der Waals surface area contributed by atoms with Crippen molar-refractivity contribution < 1.29 is 19.4 Å². The van der Waals surface area contributed by atoms with Crippen LogP contribution in [-0.2, 0) is 9.53 Å². The van der Waals surface area contributed by atoms with Gasteiger partial charge >= 0.3 is 12.0 Å². The molecule has 120 valence electrons. The number of hydrogen-bond donors (Lipinski definition) is 2. The fourth-order valence-corrected chi connectivity index (χ4v) is 3.30. The normalized spacial score (nSPS) is 22.5. The Morgan fingerprint density at radius 2 is 1.86 bits per heavy atom. The second-order valence-corrected chi connectivity index (χ2v) is 6.26. The van der Waals surface area contributed by atoms with Crippen molar-refractivity contribution in [1.29, 1.82) is 0 Å². The predicted molar refractivity (Wildman–Crippen MR) is 78.2 cm³/mol. The number of rotatable bonds is 4. The molecule has 0 spiro atoms. The summed E-state index contributed by atoms with van der Waals surface area (Å²) in [4.78, 5) is 25.5. The summed E-state index contributed by atoms with van der Waals surface area (Å²) in [5, 5.41) is 12.3. The molecule has 6 heteroatoms. The van der Waals surface area contributed by atoms with Crippen LogP contribution in [0, 0.1) is 5.41 Å². The number of hydrogen-bond acceptors (Lipinski definition) is 3. The minimum atomic E-state index is -0.781. The van der Waals surface area contributed by atoms with E-state index in [1.165, 1.54) is 0 Å². The van der Waals surface area contributed by atoms with Crippen LogP contribution >= 0.6 is 0 Å². The third kappa shape index (κ3) is 3.87. The molecule has 1 saturated carbocycles. The molecule has 0 unspecified atom stereocenters. The van der Waals surface area contributed by atoms with Crippen LogP contribution in [0.15, 0.2) is 0 Å². The highest BCUT2D eigenvalue weighted by Crippen LogP contribution is 2.36. The van der Waals surface area contributed by atoms with Crippen LogP contribution in [0.1, 0.15) is 44.9 Å². The van der Waals surface area contributed by atoms with Crippen LogP contribution in [0.25, 0.3) is 0 Å². The topological polar surface area (TPSA) is 78.9 Å². The zero-order valence-electron chi connectivity index (χ0n) is 12.8. The summed E-state index contributed by atoms with van der Waals surface area (Å²) in [7, 11) is 1.78. The molecule has 2 amide bonds. The zero-order chi connectivity index (χ0) is 15.3. The van der Waals surface area contributed by atoms with Gasteiger partial charge in [0.1, 0.15) is 0 Å². The van der Waals surface area contributed by atoms with Gasteiger partial charge in [0.05, 0.1) is 5.41 Å². The molecule has 2 fully saturated rings. The van der Waals surface area contributed by atoms with E-state index >= 15 is 0 Å². The van der Waals surface area contributed by atoms with Gasteiger partial charge < -0.3 is 20.1 Å². The minimum Gasteiger partial charge on any atom is -0.481 e. The van der Waals surface area contributed by atoms with Crippen LogP contribution in [-0.4, -0.2) is 54.9 Å². The first-order chi connectivity index (χ1) is 10.1. The van der Waals surface area contributed by atoms with Gasteiger partial charge in [0.15, 0.2) is 0 Å². The molecule has 2 rings (SSSR count). The molecule has 2 aliphatic rings. The van der Waals surface area contributed by atoms with Crippen molar-refractivity contribution in [3.8, 4) is 0 Å². The molecule has 21 heavy (non-hydrogen) atoms. The van der Waals surface area contributed by atoms with Crippen molar-refractivity contribution in [2.45, 2.75) is 51.0 Å². The molecule has 1 aliphatic heterocycles. The van der Waals surface area contributed by atoms with E-state index in [-0.39, 0.29) is 18.6 Å². The highest BCUT2D eigenvalue weighted by atomic mass is 16.5. The van der Waals surface area contributed by atoms with Gasteiger partial charge in [-0.2, -0.15) is 0 Å². The Morgan fingerprint density at radius 1 is 1.24 bits per heavy atom. The van der Waals surface area contributed by atoms with Crippen LogP contribution < -0.4 is 5.32 Å². The Bertz CT molecular complexity index is 374. The number of nitrogens with one attached hydrogen (secondary N) is 1. The van der Waals surface area contributed by atoms with Crippen molar-refractivity contribution >= 4 is 12.0 Å². The van der Waals surface area contributed by atoms with Gasteiger partial charge in [-0.3, -0.25) is 4.79 Å². The van der Waals surface area contributed by atoms with Crippen LogP contribution in [0.5, 0.6) is 0 Å². The summed E-state index contributed by atoms with van der Waals surface area (Å²) in [6, 6.07) is 0.0129. The second kappa shape index (κ2) is 7.11. The van der Waals surface area contributed by atoms with Gasteiger partial charge in [-0.05, 0) is 25.7 Å². The Labute approximate surface area is 125 Å². The highest BCUT2D eigenvalue weighted by Gasteiger charge is 2.40. The third-order valence-corrected chi connectivity index (χ3v) is 4.90. The van der Waals surface area contributed by atoms with Crippen molar-refractivity contribution in [3.63, 3.8) is 0 Å². The summed E-state index contributed by atoms with van der Waals surface area (Å²) >= 11 is 0. The van der Waals surface area contributed by atoms with E-state index in [0.717, 1.165) is 32.1 Å². The Morgan fingerprint density at radius 3 is 2.43 bits per heavy atom. The van der Waals surface area contributed by atoms with Crippen LogP contribution in [0.2, 0.25) is 0 Å². The summed E-state index contributed by atoms with van der Waals surface area (Å²) in [6.07, 6.45) is 5.94. The number of carbonyl (C=O) groups is 2. The van der Waals surface area contributed by atoms with E-state index in [1.54, 1.807) is 11.9 Å². The number of carbonyl (C=O) groups excluding carboxylic acids is 1. The molecule has 2 N–H and O–H groups in total. The molecule has 0 atom stereocenters. The maximum atomic E-state index is 12.2.